The van der Waals surface area contributed by atoms with Crippen molar-refractivity contribution < 1.29 is 9.84 Å². The van der Waals surface area contributed by atoms with Gasteiger partial charge in [-0.05, 0) is 50.6 Å². The van der Waals surface area contributed by atoms with Gasteiger partial charge in [0.1, 0.15) is 11.6 Å². The van der Waals surface area contributed by atoms with Gasteiger partial charge in [0.25, 0.3) is 0 Å². The summed E-state index contributed by atoms with van der Waals surface area (Å²) in [4.78, 5) is 8.50. The Morgan fingerprint density at radius 3 is 2.52 bits per heavy atom. The molecular formula is C18H22N4O2S. The largest absolute Gasteiger partial charge is 0.497 e. The van der Waals surface area contributed by atoms with Crippen molar-refractivity contribution in [3.8, 4) is 11.6 Å². The summed E-state index contributed by atoms with van der Waals surface area (Å²) in [7, 11) is 1.67. The van der Waals surface area contributed by atoms with E-state index in [1.165, 1.54) is 30.6 Å². The molecule has 1 atom stereocenters. The van der Waals surface area contributed by atoms with E-state index in [2.05, 4.69) is 27.1 Å². The molecule has 1 aromatic carbocycles. The van der Waals surface area contributed by atoms with Crippen LogP contribution in [-0.4, -0.2) is 44.8 Å². The van der Waals surface area contributed by atoms with E-state index in [0.717, 1.165) is 34.2 Å². The Hall–Kier alpha value is -2.12. The van der Waals surface area contributed by atoms with E-state index >= 15 is 0 Å². The van der Waals surface area contributed by atoms with Gasteiger partial charge in [-0.1, -0.05) is 29.9 Å². The van der Waals surface area contributed by atoms with E-state index in [-0.39, 0.29) is 11.9 Å². The van der Waals surface area contributed by atoms with Gasteiger partial charge < -0.3 is 9.84 Å². The van der Waals surface area contributed by atoms with Crippen LogP contribution in [0.5, 0.6) is 11.6 Å². The minimum Gasteiger partial charge on any atom is -0.497 e. The molecule has 1 aliphatic heterocycles. The van der Waals surface area contributed by atoms with E-state index < -0.39 is 0 Å². The van der Waals surface area contributed by atoms with Crippen molar-refractivity contribution in [1.82, 2.24) is 19.5 Å². The zero-order valence-electron chi connectivity index (χ0n) is 14.5. The average Bonchev–Trinajstić information content (AvgIpc) is 3.15. The third-order valence-electron chi connectivity index (χ3n) is 4.74. The first-order chi connectivity index (χ1) is 12.2. The van der Waals surface area contributed by atoms with Crippen LogP contribution >= 0.6 is 11.3 Å². The first-order valence-corrected chi connectivity index (χ1v) is 9.42. The third kappa shape index (κ3) is 2.98. The number of piperidine rings is 1. The number of methoxy groups -OCH3 is 1. The van der Waals surface area contributed by atoms with Crippen LogP contribution in [0.1, 0.15) is 41.6 Å². The van der Waals surface area contributed by atoms with E-state index in [0.29, 0.717) is 5.82 Å². The van der Waals surface area contributed by atoms with Crippen LogP contribution in [0.2, 0.25) is 0 Å². The molecule has 0 spiro atoms. The highest BCUT2D eigenvalue weighted by atomic mass is 32.1. The van der Waals surface area contributed by atoms with Crippen molar-refractivity contribution in [3.05, 3.63) is 40.5 Å². The molecule has 3 aromatic rings. The van der Waals surface area contributed by atoms with Crippen LogP contribution in [0.3, 0.4) is 0 Å². The number of hydrogen-bond acceptors (Lipinski definition) is 6. The summed E-state index contributed by atoms with van der Waals surface area (Å²) in [6, 6.07) is 8.13. The fourth-order valence-corrected chi connectivity index (χ4v) is 4.68. The molecular weight excluding hydrogens is 336 g/mol. The van der Waals surface area contributed by atoms with Crippen LogP contribution in [0.4, 0.5) is 0 Å². The topological polar surface area (TPSA) is 62.9 Å². The molecule has 0 saturated carbocycles. The molecule has 1 saturated heterocycles. The van der Waals surface area contributed by atoms with E-state index in [9.17, 15) is 5.11 Å². The average molecular weight is 358 g/mol. The van der Waals surface area contributed by atoms with E-state index in [4.69, 9.17) is 4.74 Å². The van der Waals surface area contributed by atoms with Crippen LogP contribution in [0, 0.1) is 6.92 Å². The Morgan fingerprint density at radius 2 is 1.88 bits per heavy atom. The second-order valence-corrected chi connectivity index (χ2v) is 7.42. The lowest BCUT2D eigenvalue weighted by Gasteiger charge is -2.34. The zero-order valence-corrected chi connectivity index (χ0v) is 15.3. The number of benzene rings is 1. The Labute approximate surface area is 150 Å². The van der Waals surface area contributed by atoms with Gasteiger partial charge in [0.15, 0.2) is 0 Å². The van der Waals surface area contributed by atoms with Crippen molar-refractivity contribution in [3.63, 3.8) is 0 Å². The molecule has 4 rings (SSSR count). The SMILES string of the molecule is COc1ccc([C@H](c2sc3nc(C)nn3c2O)N2CCCCC2)cc1. The summed E-state index contributed by atoms with van der Waals surface area (Å²) >= 11 is 1.52. The molecule has 132 valence electrons. The standard InChI is InChI=1S/C18H22N4O2S/c1-12-19-18-22(20-12)17(23)16(25-18)15(21-10-4-3-5-11-21)13-6-8-14(24-2)9-7-13/h6-9,15,23H,3-5,10-11H2,1-2H3/t15-/m1/s1. The van der Waals surface area contributed by atoms with Gasteiger partial charge in [-0.15, -0.1) is 5.10 Å². The number of hydrogen-bond donors (Lipinski definition) is 1. The predicted octanol–water partition coefficient (Wildman–Crippen LogP) is 3.39. The van der Waals surface area contributed by atoms with Gasteiger partial charge in [-0.25, -0.2) is 4.98 Å². The summed E-state index contributed by atoms with van der Waals surface area (Å²) in [5.41, 5.74) is 1.15. The van der Waals surface area contributed by atoms with E-state index in [1.54, 1.807) is 11.6 Å². The van der Waals surface area contributed by atoms with Crippen LogP contribution in [-0.2, 0) is 0 Å². The first-order valence-electron chi connectivity index (χ1n) is 8.60. The number of aromatic hydroxyl groups is 1. The van der Waals surface area contributed by atoms with Crippen molar-refractivity contribution in [2.45, 2.75) is 32.2 Å². The maximum absolute atomic E-state index is 10.8. The highest BCUT2D eigenvalue weighted by Crippen LogP contribution is 2.41. The fourth-order valence-electron chi connectivity index (χ4n) is 3.52. The number of nitrogens with zero attached hydrogens (tertiary/aromatic N) is 4. The minimum absolute atomic E-state index is 0.0139. The molecule has 0 bridgehead atoms. The Kier molecular flexibility index (Phi) is 4.35. The second kappa shape index (κ2) is 6.65. The van der Waals surface area contributed by atoms with Crippen LogP contribution < -0.4 is 4.74 Å². The summed E-state index contributed by atoms with van der Waals surface area (Å²) < 4.78 is 6.84. The smallest absolute Gasteiger partial charge is 0.230 e. The molecule has 25 heavy (non-hydrogen) atoms. The second-order valence-electron chi connectivity index (χ2n) is 6.42. The normalized spacial score (nSPS) is 17.0. The maximum atomic E-state index is 10.8. The summed E-state index contributed by atoms with van der Waals surface area (Å²) in [6.07, 6.45) is 3.65. The lowest BCUT2D eigenvalue weighted by Crippen LogP contribution is -2.34. The highest BCUT2D eigenvalue weighted by molar-refractivity contribution is 7.17. The molecule has 1 aliphatic rings. The number of aryl methyl sites for hydroxylation is 1. The van der Waals surface area contributed by atoms with Crippen molar-refractivity contribution in [2.24, 2.45) is 0 Å². The van der Waals surface area contributed by atoms with Gasteiger partial charge in [0, 0.05) is 0 Å². The Bertz CT molecular complexity index is 865. The molecule has 0 unspecified atom stereocenters. The summed E-state index contributed by atoms with van der Waals surface area (Å²) in [5, 5.41) is 15.1. The Morgan fingerprint density at radius 1 is 1.16 bits per heavy atom. The number of fused-ring (bicyclic) bond motifs is 1. The maximum Gasteiger partial charge on any atom is 0.230 e. The lowest BCUT2D eigenvalue weighted by atomic mass is 10.0. The molecule has 3 heterocycles. The summed E-state index contributed by atoms with van der Waals surface area (Å²) in [5.74, 6) is 1.71. The predicted molar refractivity (Wildman–Crippen MR) is 97.5 cm³/mol. The number of ether oxygens (including phenoxy) is 1. The molecule has 2 aromatic heterocycles. The first kappa shape index (κ1) is 16.4. The number of rotatable bonds is 4. The monoisotopic (exact) mass is 358 g/mol. The number of likely N-dealkylation sites (tertiary alicyclic amines) is 1. The molecule has 6 nitrogen and oxygen atoms in total. The van der Waals surface area contributed by atoms with Crippen molar-refractivity contribution >= 4 is 16.3 Å². The number of aromatic nitrogens is 3. The van der Waals surface area contributed by atoms with Gasteiger partial charge in [-0.2, -0.15) is 4.52 Å². The van der Waals surface area contributed by atoms with Gasteiger partial charge in [0.2, 0.25) is 10.8 Å². The lowest BCUT2D eigenvalue weighted by molar-refractivity contribution is 0.186. The third-order valence-corrected chi connectivity index (χ3v) is 5.81. The fraction of sp³-hybridized carbons (Fsp3) is 0.444. The quantitative estimate of drug-likeness (QED) is 0.774. The minimum atomic E-state index is 0.0139. The zero-order chi connectivity index (χ0) is 17.4. The molecule has 7 heteroatoms. The number of thiazole rings is 1. The van der Waals surface area contributed by atoms with Crippen molar-refractivity contribution in [2.75, 3.05) is 20.2 Å². The molecule has 1 fully saturated rings. The molecule has 1 N–H and O–H groups in total. The van der Waals surface area contributed by atoms with Gasteiger partial charge in [-0.3, -0.25) is 4.90 Å². The van der Waals surface area contributed by atoms with Gasteiger partial charge in [0.05, 0.1) is 18.0 Å². The van der Waals surface area contributed by atoms with Crippen LogP contribution in [0.25, 0.3) is 4.96 Å². The van der Waals surface area contributed by atoms with E-state index in [1.807, 2.05) is 19.1 Å². The molecule has 0 radical (unpaired) electrons. The Balaban J connectivity index is 1.80. The van der Waals surface area contributed by atoms with Crippen LogP contribution in [0.15, 0.2) is 24.3 Å². The molecule has 0 amide bonds. The van der Waals surface area contributed by atoms with Gasteiger partial charge >= 0.3 is 0 Å². The van der Waals surface area contributed by atoms with Crippen molar-refractivity contribution in [1.29, 1.82) is 0 Å². The highest BCUT2D eigenvalue weighted by Gasteiger charge is 2.30. The molecule has 0 aliphatic carbocycles. The summed E-state index contributed by atoms with van der Waals surface area (Å²) in [6.45, 7) is 3.90.